The zero-order valence-corrected chi connectivity index (χ0v) is 49.3. The highest BCUT2D eigenvalue weighted by Gasteiger charge is 2.50. The van der Waals surface area contributed by atoms with Crippen molar-refractivity contribution in [3.8, 4) is 22.5 Å². The molecular formula is C66H76N10O12. The van der Waals surface area contributed by atoms with Crippen LogP contribution >= 0.6 is 0 Å². The number of alkyl carbamates (subject to hydrolysis) is 1. The summed E-state index contributed by atoms with van der Waals surface area (Å²) in [5.74, 6) is -5.28. The number of rotatable bonds is 30. The van der Waals surface area contributed by atoms with Crippen molar-refractivity contribution in [2.24, 2.45) is 17.2 Å². The van der Waals surface area contributed by atoms with Crippen LogP contribution in [0.4, 0.5) is 4.79 Å². The number of amides is 6. The van der Waals surface area contributed by atoms with Crippen LogP contribution in [0.1, 0.15) is 123 Å². The number of carbonyl (C=O) groups excluding carboxylic acids is 8. The Bertz CT molecular complexity index is 3590. The second kappa shape index (κ2) is 29.4. The van der Waals surface area contributed by atoms with Crippen LogP contribution in [0, 0.1) is 0 Å². The van der Waals surface area contributed by atoms with Crippen molar-refractivity contribution in [2.45, 2.75) is 139 Å². The second-order valence-electron chi connectivity index (χ2n) is 22.4. The lowest BCUT2D eigenvalue weighted by molar-refractivity contribution is -0.189. The molecule has 6 amide bonds. The minimum absolute atomic E-state index is 0.0164. The minimum Gasteiger partial charge on any atom is -0.457 e. The molecule has 0 radical (unpaired) electrons. The number of nitrogens with one attached hydrogen (secondary N) is 5. The number of cyclic esters (lactones) is 1. The van der Waals surface area contributed by atoms with Gasteiger partial charge in [-0.25, -0.2) is 14.6 Å². The zero-order chi connectivity index (χ0) is 62.3. The highest BCUT2D eigenvalue weighted by molar-refractivity contribution is 5.96. The molecule has 0 unspecified atom stereocenters. The number of primary amides is 1. The van der Waals surface area contributed by atoms with E-state index in [9.17, 15) is 43.2 Å². The number of pyridine rings is 2. The first-order valence-corrected chi connectivity index (χ1v) is 30.2. The van der Waals surface area contributed by atoms with E-state index < -0.39 is 83.8 Å². The van der Waals surface area contributed by atoms with E-state index in [-0.39, 0.29) is 87.4 Å². The predicted molar refractivity (Wildman–Crippen MR) is 327 cm³/mol. The molecular weight excluding hydrogens is 1120 g/mol. The van der Waals surface area contributed by atoms with E-state index in [0.717, 1.165) is 38.7 Å². The van der Waals surface area contributed by atoms with Crippen LogP contribution in [0.2, 0.25) is 0 Å². The van der Waals surface area contributed by atoms with Crippen LogP contribution in [-0.4, -0.2) is 108 Å². The van der Waals surface area contributed by atoms with Gasteiger partial charge in [-0.1, -0.05) is 104 Å². The molecule has 1 aliphatic carbocycles. The molecule has 3 aliphatic rings. The number of nitrogens with two attached hydrogens (primary N) is 3. The maximum atomic E-state index is 14.4. The third-order valence-electron chi connectivity index (χ3n) is 16.5. The number of ether oxygens (including phenoxy) is 3. The van der Waals surface area contributed by atoms with Gasteiger partial charge in [-0.05, 0) is 123 Å². The lowest BCUT2D eigenvalue weighted by Crippen LogP contribution is -2.58. The normalized spacial score (nSPS) is 15.8. The standard InChI is InChI=1S/C66H76N10O12/c1-2-66(49-36-55-58-42(35-41-20-6-11-25-50(41)71-58)37-76(55)63(83)48(49)39-86-64(66)84)88-57(78)30-29-56(77)70-33-17-14-26-51(59(69)79)72-60(80)52(27-12-15-31-67)73-62(82)54(34-40-18-4-3-5-19-40)74-61(81)53(28-13-16-32-68)75-65(85)87-38-47-45-23-9-7-21-43(45)44-22-8-10-24-46(44)47/h3-11,18-25,35-36,47,51-54H,2,12-17,26-34,37-39,67-68H2,1H3,(H2,69,79)(H,70,77)(H,72,80)(H,73,82)(H,74,81)(H,75,85)/t51-,52-,53-,54-,66-/m0/s1. The summed E-state index contributed by atoms with van der Waals surface area (Å²) in [6, 6.07) is 31.3. The summed E-state index contributed by atoms with van der Waals surface area (Å²) in [5.41, 5.74) is 23.0. The Morgan fingerprint density at radius 2 is 1.28 bits per heavy atom. The molecule has 9 rings (SSSR count). The summed E-state index contributed by atoms with van der Waals surface area (Å²) in [6.07, 6.45) is 1.47. The van der Waals surface area contributed by atoms with Gasteiger partial charge in [-0.2, -0.15) is 0 Å². The van der Waals surface area contributed by atoms with Crippen LogP contribution in [-0.2, 0) is 72.9 Å². The Balaban J connectivity index is 0.775. The van der Waals surface area contributed by atoms with E-state index in [1.54, 1.807) is 41.8 Å². The van der Waals surface area contributed by atoms with Gasteiger partial charge in [0.1, 0.15) is 37.4 Å². The number of unbranched alkanes of at least 4 members (excludes halogenated alkanes) is 3. The Labute approximate surface area is 509 Å². The van der Waals surface area contributed by atoms with Crippen molar-refractivity contribution in [1.29, 1.82) is 0 Å². The Hall–Kier alpha value is -9.28. The number of hydrogen-bond donors (Lipinski definition) is 8. The molecule has 4 heterocycles. The largest absolute Gasteiger partial charge is 0.457 e. The molecule has 22 heteroatoms. The number of fused-ring (bicyclic) bond motifs is 8. The van der Waals surface area contributed by atoms with Crippen LogP contribution in [0.5, 0.6) is 0 Å². The van der Waals surface area contributed by atoms with Crippen molar-refractivity contribution >= 4 is 58.5 Å². The summed E-state index contributed by atoms with van der Waals surface area (Å²) < 4.78 is 18.7. The molecule has 0 saturated carbocycles. The maximum absolute atomic E-state index is 14.4. The molecule has 4 aromatic carbocycles. The van der Waals surface area contributed by atoms with Gasteiger partial charge in [0, 0.05) is 41.8 Å². The fraction of sp³-hybridized carbons (Fsp3) is 0.394. The van der Waals surface area contributed by atoms with Crippen molar-refractivity contribution < 1.29 is 52.6 Å². The number of nitrogens with zero attached hydrogens (tertiary/aromatic N) is 2. The van der Waals surface area contributed by atoms with Gasteiger partial charge in [0.25, 0.3) is 5.56 Å². The van der Waals surface area contributed by atoms with Gasteiger partial charge in [0.05, 0.1) is 35.4 Å². The topological polar surface area (TPSA) is 337 Å². The first kappa shape index (κ1) is 63.2. The summed E-state index contributed by atoms with van der Waals surface area (Å²) in [6.45, 7) is 2.43. The Morgan fingerprint density at radius 3 is 1.95 bits per heavy atom. The van der Waals surface area contributed by atoms with Crippen LogP contribution in [0.15, 0.2) is 120 Å². The smallest absolute Gasteiger partial charge is 0.407 e. The molecule has 462 valence electrons. The third kappa shape index (κ3) is 14.7. The van der Waals surface area contributed by atoms with Crippen molar-refractivity contribution in [3.05, 3.63) is 159 Å². The predicted octanol–water partition coefficient (Wildman–Crippen LogP) is 5.04. The van der Waals surface area contributed by atoms with Crippen LogP contribution in [0.3, 0.4) is 0 Å². The first-order chi connectivity index (χ1) is 42.6. The zero-order valence-electron chi connectivity index (χ0n) is 49.3. The van der Waals surface area contributed by atoms with E-state index in [1.807, 2.05) is 84.9 Å². The number of esters is 2. The summed E-state index contributed by atoms with van der Waals surface area (Å²) in [7, 11) is 0. The van der Waals surface area contributed by atoms with E-state index >= 15 is 0 Å². The van der Waals surface area contributed by atoms with E-state index in [4.69, 9.17) is 36.4 Å². The van der Waals surface area contributed by atoms with Gasteiger partial charge in [-0.15, -0.1) is 0 Å². The molecule has 22 nitrogen and oxygen atoms in total. The molecule has 2 aliphatic heterocycles. The maximum Gasteiger partial charge on any atom is 0.407 e. The fourth-order valence-corrected chi connectivity index (χ4v) is 11.8. The highest BCUT2D eigenvalue weighted by Crippen LogP contribution is 2.45. The summed E-state index contributed by atoms with van der Waals surface area (Å²) >= 11 is 0. The average Bonchev–Trinajstić information content (AvgIpc) is 1.65. The molecule has 6 aromatic rings. The van der Waals surface area contributed by atoms with E-state index in [0.29, 0.717) is 68.6 Å². The van der Waals surface area contributed by atoms with Crippen molar-refractivity contribution in [2.75, 3.05) is 26.2 Å². The van der Waals surface area contributed by atoms with E-state index in [1.165, 1.54) is 0 Å². The van der Waals surface area contributed by atoms with Gasteiger partial charge in [-0.3, -0.25) is 33.6 Å². The van der Waals surface area contributed by atoms with Gasteiger partial charge in [0.15, 0.2) is 0 Å². The summed E-state index contributed by atoms with van der Waals surface area (Å²) in [5, 5.41) is 14.7. The molecule has 0 saturated heterocycles. The molecule has 5 atom stereocenters. The minimum atomic E-state index is -1.94. The molecule has 11 N–H and O–H groups in total. The lowest BCUT2D eigenvalue weighted by Gasteiger charge is -2.35. The number of carbonyl (C=O) groups is 8. The number of hydrogen-bond acceptors (Lipinski definition) is 15. The van der Waals surface area contributed by atoms with Crippen LogP contribution in [0.25, 0.3) is 33.4 Å². The SMILES string of the molecule is CC[C@@]1(OC(=O)CCC(=O)NCCCC[C@H](NC(=O)[C@H](CCCCN)NC(=O)[C@H](Cc2ccccc2)NC(=O)[C@H](CCCCN)NC(=O)OCC2c3ccccc3-c3ccccc32)C(N)=O)C(=O)OCc2c1cc1n(c2=O)Cc2cc3ccccc3nc2-1. The third-order valence-corrected chi connectivity index (χ3v) is 16.5. The molecule has 0 fully saturated rings. The fourth-order valence-electron chi connectivity index (χ4n) is 11.8. The lowest BCUT2D eigenvalue weighted by atomic mass is 9.85. The van der Waals surface area contributed by atoms with Gasteiger partial charge in [0.2, 0.25) is 35.1 Å². The molecule has 2 aromatic heterocycles. The molecule has 0 bridgehead atoms. The molecule has 88 heavy (non-hydrogen) atoms. The van der Waals surface area contributed by atoms with Crippen molar-refractivity contribution in [1.82, 2.24) is 36.1 Å². The summed E-state index contributed by atoms with van der Waals surface area (Å²) in [4.78, 5) is 128. The highest BCUT2D eigenvalue weighted by atomic mass is 16.6. The second-order valence-corrected chi connectivity index (χ2v) is 22.4. The first-order valence-electron chi connectivity index (χ1n) is 30.2. The number of benzene rings is 4. The monoisotopic (exact) mass is 1200 g/mol. The molecule has 0 spiro atoms. The van der Waals surface area contributed by atoms with Gasteiger partial charge >= 0.3 is 18.0 Å². The average molecular weight is 1200 g/mol. The number of aromatic nitrogens is 2. The van der Waals surface area contributed by atoms with Crippen molar-refractivity contribution in [3.63, 3.8) is 0 Å². The van der Waals surface area contributed by atoms with Crippen LogP contribution < -0.4 is 49.3 Å². The quantitative estimate of drug-likeness (QED) is 0.0166. The Morgan fingerprint density at radius 1 is 0.693 bits per heavy atom. The van der Waals surface area contributed by atoms with Gasteiger partial charge < -0.3 is 62.6 Å². The Kier molecular flexibility index (Phi) is 21.1. The number of para-hydroxylation sites is 1. The van der Waals surface area contributed by atoms with E-state index in [2.05, 4.69) is 26.6 Å².